The van der Waals surface area contributed by atoms with Crippen LogP contribution in [0.1, 0.15) is 44.7 Å². The Bertz CT molecular complexity index is 915. The van der Waals surface area contributed by atoms with Gasteiger partial charge in [-0.1, -0.05) is 48.5 Å². The Morgan fingerprint density at radius 2 is 1.43 bits per heavy atom. The Kier molecular flexibility index (Phi) is 6.25. The number of hydrogen-bond acceptors (Lipinski definition) is 5. The number of ether oxygens (including phenoxy) is 2. The number of carbonyl (C=O) groups is 3. The van der Waals surface area contributed by atoms with Crippen molar-refractivity contribution in [1.82, 2.24) is 4.90 Å². The zero-order chi connectivity index (χ0) is 21.9. The van der Waals surface area contributed by atoms with Crippen LogP contribution in [-0.2, 0) is 19.1 Å². The molecule has 2 aromatic rings. The molecule has 0 bridgehead atoms. The molecule has 0 saturated carbocycles. The van der Waals surface area contributed by atoms with Gasteiger partial charge in [0.05, 0.1) is 6.54 Å². The van der Waals surface area contributed by atoms with Gasteiger partial charge < -0.3 is 9.47 Å². The van der Waals surface area contributed by atoms with Crippen molar-refractivity contribution in [3.8, 4) is 11.1 Å². The zero-order valence-electron chi connectivity index (χ0n) is 17.8. The number of Topliss-reactive ketones (excluding diaryl/α,β-unsaturated/α-hetero) is 1. The lowest BCUT2D eigenvalue weighted by molar-refractivity contribution is -0.155. The fraction of sp³-hybridized carbons (Fsp3) is 0.375. The second-order valence-corrected chi connectivity index (χ2v) is 8.45. The average Bonchev–Trinajstić information content (AvgIpc) is 2.98. The van der Waals surface area contributed by atoms with Crippen LogP contribution in [0.25, 0.3) is 11.1 Å². The van der Waals surface area contributed by atoms with Crippen molar-refractivity contribution in [3.63, 3.8) is 0 Å². The highest BCUT2D eigenvalue weighted by Gasteiger charge is 2.30. The van der Waals surface area contributed by atoms with Gasteiger partial charge in [0, 0.05) is 5.92 Å². The summed E-state index contributed by atoms with van der Waals surface area (Å²) in [6.07, 6.45) is -0.710. The highest BCUT2D eigenvalue weighted by Crippen LogP contribution is 2.44. The van der Waals surface area contributed by atoms with Gasteiger partial charge in [-0.2, -0.15) is 0 Å². The molecule has 3 rings (SSSR count). The predicted octanol–water partition coefficient (Wildman–Crippen LogP) is 4.17. The average molecular weight is 409 g/mol. The van der Waals surface area contributed by atoms with Crippen molar-refractivity contribution in [3.05, 3.63) is 59.7 Å². The molecule has 0 aliphatic heterocycles. The molecule has 0 radical (unpaired) electrons. The maximum absolute atomic E-state index is 12.7. The Labute approximate surface area is 176 Å². The molecule has 0 spiro atoms. The van der Waals surface area contributed by atoms with Crippen LogP contribution in [0.4, 0.5) is 4.79 Å². The monoisotopic (exact) mass is 409 g/mol. The second-order valence-electron chi connectivity index (χ2n) is 8.45. The third kappa shape index (κ3) is 5.06. The van der Waals surface area contributed by atoms with E-state index in [0.29, 0.717) is 0 Å². The smallest absolute Gasteiger partial charge is 0.410 e. The van der Waals surface area contributed by atoms with Crippen LogP contribution in [0.2, 0.25) is 0 Å². The summed E-state index contributed by atoms with van der Waals surface area (Å²) in [6.45, 7) is 6.16. The van der Waals surface area contributed by atoms with Crippen molar-refractivity contribution in [1.29, 1.82) is 0 Å². The maximum atomic E-state index is 12.7. The number of esters is 1. The van der Waals surface area contributed by atoms with Gasteiger partial charge in [-0.15, -0.1) is 0 Å². The van der Waals surface area contributed by atoms with Crippen LogP contribution in [0.5, 0.6) is 0 Å². The van der Waals surface area contributed by atoms with Crippen molar-refractivity contribution in [2.75, 3.05) is 19.7 Å². The first-order chi connectivity index (χ1) is 14.2. The van der Waals surface area contributed by atoms with E-state index in [0.717, 1.165) is 27.2 Å². The summed E-state index contributed by atoms with van der Waals surface area (Å²) in [6, 6.07) is 16.1. The summed E-state index contributed by atoms with van der Waals surface area (Å²) >= 11 is 0. The summed E-state index contributed by atoms with van der Waals surface area (Å²) in [5.41, 5.74) is 3.76. The van der Waals surface area contributed by atoms with E-state index in [1.165, 1.54) is 6.92 Å². The minimum atomic E-state index is -0.710. The van der Waals surface area contributed by atoms with Gasteiger partial charge in [0.25, 0.3) is 0 Å². The molecule has 30 heavy (non-hydrogen) atoms. The van der Waals surface area contributed by atoms with Gasteiger partial charge in [0.1, 0.15) is 24.5 Å². The minimum absolute atomic E-state index is 0.0953. The van der Waals surface area contributed by atoms with Crippen LogP contribution >= 0.6 is 0 Å². The molecular formula is C24H27NO5. The van der Waals surface area contributed by atoms with Crippen LogP contribution in [0.3, 0.4) is 0 Å². The molecule has 0 aromatic heterocycles. The number of benzene rings is 2. The molecule has 1 amide bonds. The molecule has 1 aliphatic carbocycles. The van der Waals surface area contributed by atoms with E-state index in [2.05, 4.69) is 12.1 Å². The van der Waals surface area contributed by atoms with E-state index in [-0.39, 0.29) is 31.4 Å². The molecule has 0 heterocycles. The number of fused-ring (bicyclic) bond motifs is 3. The van der Waals surface area contributed by atoms with Crippen LogP contribution in [-0.4, -0.2) is 48.0 Å². The van der Waals surface area contributed by atoms with E-state index < -0.39 is 17.7 Å². The van der Waals surface area contributed by atoms with E-state index in [4.69, 9.17) is 9.47 Å². The van der Waals surface area contributed by atoms with Crippen LogP contribution < -0.4 is 0 Å². The molecule has 6 nitrogen and oxygen atoms in total. The van der Waals surface area contributed by atoms with Gasteiger partial charge in [-0.3, -0.25) is 14.5 Å². The van der Waals surface area contributed by atoms with Crippen LogP contribution in [0, 0.1) is 0 Å². The highest BCUT2D eigenvalue weighted by molar-refractivity contribution is 5.85. The van der Waals surface area contributed by atoms with E-state index in [1.54, 1.807) is 20.8 Å². The Balaban J connectivity index is 1.72. The third-order valence-corrected chi connectivity index (χ3v) is 4.75. The number of hydrogen-bond donors (Lipinski definition) is 0. The quantitative estimate of drug-likeness (QED) is 0.670. The van der Waals surface area contributed by atoms with E-state index in [9.17, 15) is 14.4 Å². The number of nitrogens with zero attached hydrogens (tertiary/aromatic N) is 1. The first-order valence-corrected chi connectivity index (χ1v) is 9.97. The zero-order valence-corrected chi connectivity index (χ0v) is 17.8. The number of amides is 1. The lowest BCUT2D eigenvalue weighted by Gasteiger charge is -2.24. The van der Waals surface area contributed by atoms with Gasteiger partial charge in [-0.25, -0.2) is 4.79 Å². The van der Waals surface area contributed by atoms with E-state index >= 15 is 0 Å². The summed E-state index contributed by atoms with van der Waals surface area (Å²) in [5.74, 6) is -0.925. The highest BCUT2D eigenvalue weighted by atomic mass is 16.6. The first kappa shape index (κ1) is 21.6. The molecule has 158 valence electrons. The molecule has 6 heteroatoms. The largest absolute Gasteiger partial charge is 0.459 e. The van der Waals surface area contributed by atoms with Gasteiger partial charge in [-0.05, 0) is 49.9 Å². The van der Waals surface area contributed by atoms with Gasteiger partial charge >= 0.3 is 12.1 Å². The normalized spacial score (nSPS) is 12.7. The SMILES string of the molecule is CC(=O)CN(CC(=O)OC(C)(C)C)C(=O)OCC1c2ccccc2-c2ccccc21. The molecule has 0 unspecified atom stereocenters. The van der Waals surface area contributed by atoms with Crippen molar-refractivity contribution < 1.29 is 23.9 Å². The summed E-state index contributed by atoms with van der Waals surface area (Å²) < 4.78 is 10.8. The molecule has 2 aromatic carbocycles. The summed E-state index contributed by atoms with van der Waals surface area (Å²) in [7, 11) is 0. The summed E-state index contributed by atoms with van der Waals surface area (Å²) in [5, 5.41) is 0. The Morgan fingerprint density at radius 1 is 0.900 bits per heavy atom. The molecule has 0 fully saturated rings. The van der Waals surface area contributed by atoms with Crippen molar-refractivity contribution >= 4 is 17.8 Å². The van der Waals surface area contributed by atoms with Gasteiger partial charge in [0.2, 0.25) is 0 Å². The van der Waals surface area contributed by atoms with Crippen molar-refractivity contribution in [2.45, 2.75) is 39.2 Å². The topological polar surface area (TPSA) is 72.9 Å². The van der Waals surface area contributed by atoms with Crippen molar-refractivity contribution in [2.24, 2.45) is 0 Å². The standard InChI is InChI=1S/C24H27NO5/c1-16(26)13-25(14-22(27)30-24(2,3)4)23(28)29-15-21-19-11-7-5-9-17(19)18-10-6-8-12-20(18)21/h5-12,21H,13-15H2,1-4H3. The Hall–Kier alpha value is -3.15. The molecule has 0 N–H and O–H groups in total. The molecule has 1 aliphatic rings. The summed E-state index contributed by atoms with van der Waals surface area (Å²) in [4.78, 5) is 37.6. The lowest BCUT2D eigenvalue weighted by atomic mass is 9.98. The fourth-order valence-corrected chi connectivity index (χ4v) is 3.67. The number of rotatable bonds is 6. The molecule has 0 atom stereocenters. The second kappa shape index (κ2) is 8.69. The lowest BCUT2D eigenvalue weighted by Crippen LogP contribution is -2.41. The number of carbonyl (C=O) groups excluding carboxylic acids is 3. The molecule has 0 saturated heterocycles. The molecular weight excluding hydrogens is 382 g/mol. The van der Waals surface area contributed by atoms with Gasteiger partial charge in [0.15, 0.2) is 0 Å². The third-order valence-electron chi connectivity index (χ3n) is 4.75. The van der Waals surface area contributed by atoms with Crippen LogP contribution in [0.15, 0.2) is 48.5 Å². The fourth-order valence-electron chi connectivity index (χ4n) is 3.67. The minimum Gasteiger partial charge on any atom is -0.459 e. The Morgan fingerprint density at radius 3 is 1.93 bits per heavy atom. The van der Waals surface area contributed by atoms with E-state index in [1.807, 2.05) is 36.4 Å². The maximum Gasteiger partial charge on any atom is 0.410 e. The predicted molar refractivity (Wildman–Crippen MR) is 113 cm³/mol. The number of ketones is 1. The first-order valence-electron chi connectivity index (χ1n) is 9.97.